The zero-order valence-electron chi connectivity index (χ0n) is 15.8. The summed E-state index contributed by atoms with van der Waals surface area (Å²) in [6, 6.07) is 14.4. The number of thiazole rings is 1. The Labute approximate surface area is 180 Å². The van der Waals surface area contributed by atoms with Gasteiger partial charge in [-0.1, -0.05) is 23.7 Å². The van der Waals surface area contributed by atoms with Crippen LogP contribution in [0.25, 0.3) is 16.4 Å². The second-order valence-electron chi connectivity index (χ2n) is 6.60. The average molecular weight is 439 g/mol. The summed E-state index contributed by atoms with van der Waals surface area (Å²) in [6.45, 7) is 2.08. The molecule has 1 N–H and O–H groups in total. The molecule has 0 radical (unpaired) electrons. The fraction of sp³-hybridized carbons (Fsp3) is 0.0952. The lowest BCUT2D eigenvalue weighted by Crippen LogP contribution is -2.15. The topological polar surface area (TPSA) is 78.3 Å². The van der Waals surface area contributed by atoms with Crippen LogP contribution in [0, 0.1) is 6.92 Å². The normalized spacial score (nSPS) is 12.2. The minimum atomic E-state index is -0.311. The van der Waals surface area contributed by atoms with Crippen LogP contribution in [0.3, 0.4) is 0 Å². The number of anilines is 1. The van der Waals surface area contributed by atoms with Gasteiger partial charge < -0.3 is 14.8 Å². The summed E-state index contributed by atoms with van der Waals surface area (Å²) < 4.78 is 12.4. The summed E-state index contributed by atoms with van der Waals surface area (Å²) in [6.07, 6.45) is 0. The molecule has 2 aromatic carbocycles. The van der Waals surface area contributed by atoms with Gasteiger partial charge in [0.2, 0.25) is 11.9 Å². The molecule has 30 heavy (non-hydrogen) atoms. The number of hydrogen-bond acceptors (Lipinski definition) is 6. The molecular formula is C21H15ClN4O3S. The Hall–Kier alpha value is -3.36. The number of ether oxygens (including phenoxy) is 2. The molecular weight excluding hydrogens is 424 g/mol. The maximum atomic E-state index is 12.7. The maximum absolute atomic E-state index is 12.7. The van der Waals surface area contributed by atoms with Gasteiger partial charge in [0, 0.05) is 17.0 Å². The van der Waals surface area contributed by atoms with E-state index < -0.39 is 0 Å². The van der Waals surface area contributed by atoms with Crippen LogP contribution in [0.5, 0.6) is 11.5 Å². The number of aromatic nitrogens is 3. The molecule has 3 heterocycles. The van der Waals surface area contributed by atoms with Crippen LogP contribution < -0.4 is 14.8 Å². The fourth-order valence-electron chi connectivity index (χ4n) is 3.11. The van der Waals surface area contributed by atoms with Crippen LogP contribution in [0.1, 0.15) is 16.1 Å². The van der Waals surface area contributed by atoms with Crippen LogP contribution in [0.2, 0.25) is 5.02 Å². The Balaban J connectivity index is 1.45. The zero-order chi connectivity index (χ0) is 20.7. The third kappa shape index (κ3) is 3.40. The average Bonchev–Trinajstić information content (AvgIpc) is 3.47. The molecule has 1 aliphatic rings. The summed E-state index contributed by atoms with van der Waals surface area (Å²) in [5.41, 5.74) is 2.84. The molecule has 0 unspecified atom stereocenters. The molecule has 0 aliphatic carbocycles. The van der Waals surface area contributed by atoms with E-state index in [9.17, 15) is 4.79 Å². The Morgan fingerprint density at radius 1 is 1.17 bits per heavy atom. The van der Waals surface area contributed by atoms with Crippen molar-refractivity contribution in [1.82, 2.24) is 14.8 Å². The first-order valence-electron chi connectivity index (χ1n) is 9.07. The number of hydrogen-bond donors (Lipinski definition) is 1. The Bertz CT molecular complexity index is 1270. The van der Waals surface area contributed by atoms with Crippen molar-refractivity contribution in [2.45, 2.75) is 6.92 Å². The van der Waals surface area contributed by atoms with E-state index in [1.807, 2.05) is 30.5 Å². The molecule has 2 aromatic heterocycles. The van der Waals surface area contributed by atoms with Gasteiger partial charge in [-0.2, -0.15) is 9.78 Å². The molecule has 1 amide bonds. The van der Waals surface area contributed by atoms with E-state index in [4.69, 9.17) is 26.1 Å². The van der Waals surface area contributed by atoms with Crippen LogP contribution in [-0.2, 0) is 0 Å². The van der Waals surface area contributed by atoms with Crippen molar-refractivity contribution in [3.63, 3.8) is 0 Å². The second-order valence-corrected chi connectivity index (χ2v) is 7.84. The Kier molecular flexibility index (Phi) is 4.65. The number of nitrogens with zero attached hydrogens (tertiary/aromatic N) is 3. The molecule has 0 spiro atoms. The number of aryl methyl sites for hydroxylation is 1. The molecule has 0 bridgehead atoms. The lowest BCUT2D eigenvalue weighted by Gasteiger charge is -2.07. The van der Waals surface area contributed by atoms with Crippen molar-refractivity contribution >= 4 is 34.7 Å². The van der Waals surface area contributed by atoms with E-state index in [-0.39, 0.29) is 12.7 Å². The predicted octanol–water partition coefficient (Wildman–Crippen LogP) is 4.94. The number of amides is 1. The van der Waals surface area contributed by atoms with Gasteiger partial charge in [-0.3, -0.25) is 4.79 Å². The minimum absolute atomic E-state index is 0.224. The van der Waals surface area contributed by atoms with E-state index in [1.54, 1.807) is 35.0 Å². The minimum Gasteiger partial charge on any atom is -0.454 e. The number of halogens is 1. The first-order valence-corrected chi connectivity index (χ1v) is 10.3. The summed E-state index contributed by atoms with van der Waals surface area (Å²) in [4.78, 5) is 17.4. The highest BCUT2D eigenvalue weighted by molar-refractivity contribution is 7.12. The molecule has 0 fully saturated rings. The third-order valence-corrected chi connectivity index (χ3v) is 5.68. The van der Waals surface area contributed by atoms with Crippen molar-refractivity contribution < 1.29 is 14.3 Å². The molecule has 150 valence electrons. The molecule has 4 aromatic rings. The Morgan fingerprint density at radius 3 is 2.87 bits per heavy atom. The molecule has 0 saturated heterocycles. The van der Waals surface area contributed by atoms with Crippen molar-refractivity contribution in [3.8, 4) is 27.9 Å². The number of benzene rings is 2. The number of carbonyl (C=O) groups is 1. The van der Waals surface area contributed by atoms with Crippen LogP contribution in [0.4, 0.5) is 5.82 Å². The van der Waals surface area contributed by atoms with Crippen LogP contribution in [0.15, 0.2) is 53.9 Å². The van der Waals surface area contributed by atoms with Gasteiger partial charge in [-0.25, -0.2) is 4.98 Å². The van der Waals surface area contributed by atoms with Crippen molar-refractivity contribution in [1.29, 1.82) is 0 Å². The largest absolute Gasteiger partial charge is 0.454 e. The molecule has 1 aliphatic heterocycles. The lowest BCUT2D eigenvalue weighted by atomic mass is 10.1. The van der Waals surface area contributed by atoms with Crippen molar-refractivity contribution in [2.75, 3.05) is 12.1 Å². The molecule has 0 saturated carbocycles. The molecule has 7 nitrogen and oxygen atoms in total. The zero-order valence-corrected chi connectivity index (χ0v) is 17.3. The van der Waals surface area contributed by atoms with Gasteiger partial charge in [0.05, 0.1) is 22.0 Å². The van der Waals surface area contributed by atoms with Crippen molar-refractivity contribution in [3.05, 3.63) is 70.2 Å². The number of rotatable bonds is 4. The smallest absolute Gasteiger partial charge is 0.258 e. The van der Waals surface area contributed by atoms with Gasteiger partial charge in [0.1, 0.15) is 5.82 Å². The van der Waals surface area contributed by atoms with E-state index in [0.29, 0.717) is 27.3 Å². The molecule has 0 atom stereocenters. The van der Waals surface area contributed by atoms with Crippen LogP contribution >= 0.6 is 22.9 Å². The molecule has 5 rings (SSSR count). The van der Waals surface area contributed by atoms with Gasteiger partial charge in [0.15, 0.2) is 11.5 Å². The van der Waals surface area contributed by atoms with Gasteiger partial charge >= 0.3 is 0 Å². The molecule has 9 heteroatoms. The summed E-state index contributed by atoms with van der Waals surface area (Å²) in [7, 11) is 0. The van der Waals surface area contributed by atoms with E-state index in [2.05, 4.69) is 10.4 Å². The number of nitrogens with one attached hydrogen (secondary N) is 1. The van der Waals surface area contributed by atoms with E-state index in [1.165, 1.54) is 11.3 Å². The first-order chi connectivity index (χ1) is 14.6. The SMILES string of the molecule is Cc1cc(NC(=O)c2ccccc2Cl)n(-c2nc(-c3ccc4c(c3)OCO4)cs2)n1. The summed E-state index contributed by atoms with van der Waals surface area (Å²) >= 11 is 7.57. The number of fused-ring (bicyclic) bond motifs is 1. The first kappa shape index (κ1) is 18.7. The standard InChI is InChI=1S/C21H15ClN4O3S/c1-12-8-19(24-20(27)14-4-2-3-5-15(14)22)26(25-12)21-23-16(10-30-21)13-6-7-17-18(9-13)29-11-28-17/h2-10H,11H2,1H3,(H,24,27). The third-order valence-electron chi connectivity index (χ3n) is 4.53. The lowest BCUT2D eigenvalue weighted by molar-refractivity contribution is 0.102. The maximum Gasteiger partial charge on any atom is 0.258 e. The Morgan fingerprint density at radius 2 is 2.00 bits per heavy atom. The highest BCUT2D eigenvalue weighted by Crippen LogP contribution is 2.36. The quantitative estimate of drug-likeness (QED) is 0.488. The van der Waals surface area contributed by atoms with E-state index in [0.717, 1.165) is 22.7 Å². The fourth-order valence-corrected chi connectivity index (χ4v) is 4.13. The van der Waals surface area contributed by atoms with Crippen LogP contribution in [-0.4, -0.2) is 27.5 Å². The number of carbonyl (C=O) groups excluding carboxylic acids is 1. The second kappa shape index (κ2) is 7.47. The van der Waals surface area contributed by atoms with Gasteiger partial charge in [-0.15, -0.1) is 11.3 Å². The highest BCUT2D eigenvalue weighted by Gasteiger charge is 2.18. The summed E-state index contributed by atoms with van der Waals surface area (Å²) in [5.74, 6) is 1.63. The van der Waals surface area contributed by atoms with Crippen molar-refractivity contribution in [2.24, 2.45) is 0 Å². The van der Waals surface area contributed by atoms with E-state index >= 15 is 0 Å². The highest BCUT2D eigenvalue weighted by atomic mass is 35.5. The van der Waals surface area contributed by atoms with Gasteiger partial charge in [-0.05, 0) is 37.3 Å². The summed E-state index contributed by atoms with van der Waals surface area (Å²) in [5, 5.41) is 10.3. The predicted molar refractivity (Wildman–Crippen MR) is 115 cm³/mol. The van der Waals surface area contributed by atoms with Gasteiger partial charge in [0.25, 0.3) is 5.91 Å². The monoisotopic (exact) mass is 438 g/mol.